The van der Waals surface area contributed by atoms with Crippen molar-refractivity contribution in [3.63, 3.8) is 0 Å². The maximum atomic E-state index is 11.5. The number of aliphatic carboxylic acids is 1. The lowest BCUT2D eigenvalue weighted by molar-refractivity contribution is -0.129. The van der Waals surface area contributed by atoms with Crippen LogP contribution in [0.3, 0.4) is 0 Å². The Labute approximate surface area is 137 Å². The zero-order valence-electron chi connectivity index (χ0n) is 12.8. The lowest BCUT2D eigenvalue weighted by Crippen LogP contribution is -2.16. The van der Waals surface area contributed by atoms with Crippen LogP contribution in [-0.2, 0) is 4.79 Å². The fourth-order valence-corrected chi connectivity index (χ4v) is 2.20. The average molecular weight is 322 g/mol. The number of aromatic nitrogens is 2. The van der Waals surface area contributed by atoms with Gasteiger partial charge in [0, 0.05) is 16.3 Å². The molecule has 7 nitrogen and oxygen atoms in total. The molecule has 24 heavy (non-hydrogen) atoms. The minimum atomic E-state index is -1.15. The summed E-state index contributed by atoms with van der Waals surface area (Å²) in [5.74, 6) is -0.127. The molecule has 0 aliphatic carbocycles. The summed E-state index contributed by atoms with van der Waals surface area (Å²) in [6, 6.07) is 14.1. The first-order chi connectivity index (χ1) is 11.7. The van der Waals surface area contributed by atoms with Crippen molar-refractivity contribution in [1.82, 2.24) is 10.2 Å². The van der Waals surface area contributed by atoms with E-state index >= 15 is 0 Å². The molecule has 0 fully saturated rings. The number of hydrazone groups is 1. The van der Waals surface area contributed by atoms with Crippen molar-refractivity contribution in [3.05, 3.63) is 60.3 Å². The zero-order chi connectivity index (χ0) is 16.9. The summed E-state index contributed by atoms with van der Waals surface area (Å²) in [4.78, 5) is 11.5. The molecule has 0 atom stereocenters. The van der Waals surface area contributed by atoms with Gasteiger partial charge in [0.05, 0.1) is 13.3 Å². The first kappa shape index (κ1) is 15.4. The summed E-state index contributed by atoms with van der Waals surface area (Å²) in [6.07, 6.45) is 1.63. The minimum Gasteiger partial charge on any atom is -0.497 e. The predicted molar refractivity (Wildman–Crippen MR) is 90.3 cm³/mol. The molecule has 120 valence electrons. The number of hydrogen-bond donors (Lipinski definition) is 2. The summed E-state index contributed by atoms with van der Waals surface area (Å²) < 4.78 is 5.07. The van der Waals surface area contributed by atoms with Crippen molar-refractivity contribution < 1.29 is 14.6 Å². The third-order valence-corrected chi connectivity index (χ3v) is 3.41. The number of benzene rings is 2. The fraction of sp³-hybridized carbons (Fsp3) is 0.0588. The largest absolute Gasteiger partial charge is 0.497 e. The van der Waals surface area contributed by atoms with E-state index in [1.165, 1.54) is 0 Å². The van der Waals surface area contributed by atoms with Crippen LogP contribution in [0.5, 0.6) is 5.75 Å². The lowest BCUT2D eigenvalue weighted by atomic mass is 10.1. The van der Waals surface area contributed by atoms with Crippen LogP contribution in [0, 0.1) is 0 Å². The summed E-state index contributed by atoms with van der Waals surface area (Å²) in [5.41, 5.74) is 3.01. The van der Waals surface area contributed by atoms with Crippen molar-refractivity contribution in [2.24, 2.45) is 5.10 Å². The molecule has 0 aliphatic rings. The number of carbonyl (C=O) groups is 1. The molecule has 0 bridgehead atoms. The van der Waals surface area contributed by atoms with Crippen LogP contribution >= 0.6 is 0 Å². The Morgan fingerprint density at radius 1 is 1.17 bits per heavy atom. The number of nitrogens with one attached hydrogen (secondary N) is 1. The van der Waals surface area contributed by atoms with Crippen LogP contribution in [0.15, 0.2) is 59.8 Å². The summed E-state index contributed by atoms with van der Waals surface area (Å²) in [7, 11) is 1.54. The highest BCUT2D eigenvalue weighted by atomic mass is 16.5. The van der Waals surface area contributed by atoms with Crippen molar-refractivity contribution in [1.29, 1.82) is 0 Å². The SMILES string of the molecule is COc1ccc(/C(=N\Nc2nncc3ccccc23)C(=O)O)cc1. The molecule has 3 rings (SSSR count). The molecule has 1 heterocycles. The van der Waals surface area contributed by atoms with Crippen molar-refractivity contribution in [2.45, 2.75) is 0 Å². The van der Waals surface area contributed by atoms with Gasteiger partial charge in [-0.15, -0.1) is 5.10 Å². The van der Waals surface area contributed by atoms with Crippen LogP contribution in [0.2, 0.25) is 0 Å². The minimum absolute atomic E-state index is 0.132. The van der Waals surface area contributed by atoms with E-state index < -0.39 is 5.97 Å². The smallest absolute Gasteiger partial charge is 0.356 e. The van der Waals surface area contributed by atoms with E-state index in [1.54, 1.807) is 37.6 Å². The van der Waals surface area contributed by atoms with Gasteiger partial charge < -0.3 is 9.84 Å². The van der Waals surface area contributed by atoms with Gasteiger partial charge in [0.2, 0.25) is 0 Å². The van der Waals surface area contributed by atoms with E-state index in [-0.39, 0.29) is 5.71 Å². The van der Waals surface area contributed by atoms with E-state index in [0.29, 0.717) is 17.1 Å². The molecular weight excluding hydrogens is 308 g/mol. The predicted octanol–water partition coefficient (Wildman–Crippen LogP) is 2.54. The second-order valence-corrected chi connectivity index (χ2v) is 4.89. The van der Waals surface area contributed by atoms with Crippen LogP contribution in [-0.4, -0.2) is 34.1 Å². The Hall–Kier alpha value is -3.48. The summed E-state index contributed by atoms with van der Waals surface area (Å²) >= 11 is 0. The van der Waals surface area contributed by atoms with Crippen LogP contribution in [0.25, 0.3) is 10.8 Å². The standard InChI is InChI=1S/C17H14N4O3/c1-24-13-8-6-11(7-9-13)15(17(22)23)19-21-16-14-5-3-2-4-12(14)10-18-20-16/h2-10H,1H3,(H,20,21)(H,22,23)/b19-15+. The topological polar surface area (TPSA) is 96.7 Å². The Morgan fingerprint density at radius 3 is 2.62 bits per heavy atom. The number of anilines is 1. The molecule has 0 amide bonds. The van der Waals surface area contributed by atoms with Crippen molar-refractivity contribution in [3.8, 4) is 5.75 Å². The first-order valence-corrected chi connectivity index (χ1v) is 7.11. The number of hydrogen-bond acceptors (Lipinski definition) is 6. The van der Waals surface area contributed by atoms with E-state index in [0.717, 1.165) is 10.8 Å². The summed E-state index contributed by atoms with van der Waals surface area (Å²) in [6.45, 7) is 0. The van der Waals surface area contributed by atoms with Crippen molar-refractivity contribution in [2.75, 3.05) is 12.5 Å². The molecule has 0 saturated carbocycles. The van der Waals surface area contributed by atoms with Crippen LogP contribution in [0.4, 0.5) is 5.82 Å². The number of fused-ring (bicyclic) bond motifs is 1. The van der Waals surface area contributed by atoms with E-state index in [2.05, 4.69) is 20.7 Å². The van der Waals surface area contributed by atoms with Gasteiger partial charge >= 0.3 is 5.97 Å². The summed E-state index contributed by atoms with van der Waals surface area (Å²) in [5, 5.41) is 22.9. The Bertz CT molecular complexity index is 902. The van der Waals surface area contributed by atoms with Crippen LogP contribution < -0.4 is 10.2 Å². The van der Waals surface area contributed by atoms with Crippen LogP contribution in [0.1, 0.15) is 5.56 Å². The highest BCUT2D eigenvalue weighted by Crippen LogP contribution is 2.19. The van der Waals surface area contributed by atoms with Gasteiger partial charge in [-0.05, 0) is 24.3 Å². The molecule has 7 heteroatoms. The molecule has 2 N–H and O–H groups in total. The Morgan fingerprint density at radius 2 is 1.92 bits per heavy atom. The number of carboxylic acid groups (broad SMARTS) is 1. The maximum absolute atomic E-state index is 11.5. The lowest BCUT2D eigenvalue weighted by Gasteiger charge is -2.06. The number of carboxylic acids is 1. The molecule has 0 radical (unpaired) electrons. The van der Waals surface area contributed by atoms with E-state index in [1.807, 2.05) is 24.3 Å². The quantitative estimate of drug-likeness (QED) is 0.553. The number of nitrogens with zero attached hydrogens (tertiary/aromatic N) is 3. The Kier molecular flexibility index (Phi) is 4.33. The first-order valence-electron chi connectivity index (χ1n) is 7.11. The van der Waals surface area contributed by atoms with Crippen molar-refractivity contribution >= 4 is 28.3 Å². The monoisotopic (exact) mass is 322 g/mol. The highest BCUT2D eigenvalue weighted by molar-refractivity contribution is 6.42. The molecule has 1 aromatic heterocycles. The van der Waals surface area contributed by atoms with Gasteiger partial charge in [-0.25, -0.2) is 4.79 Å². The third kappa shape index (κ3) is 3.14. The normalized spacial score (nSPS) is 11.3. The molecule has 2 aromatic carbocycles. The van der Waals surface area contributed by atoms with E-state index in [9.17, 15) is 9.90 Å². The van der Waals surface area contributed by atoms with Gasteiger partial charge in [0.1, 0.15) is 5.75 Å². The fourth-order valence-electron chi connectivity index (χ4n) is 2.20. The van der Waals surface area contributed by atoms with Gasteiger partial charge in [-0.3, -0.25) is 5.43 Å². The van der Waals surface area contributed by atoms with Gasteiger partial charge in [0.25, 0.3) is 0 Å². The maximum Gasteiger partial charge on any atom is 0.356 e. The highest BCUT2D eigenvalue weighted by Gasteiger charge is 2.13. The number of rotatable bonds is 5. The third-order valence-electron chi connectivity index (χ3n) is 3.41. The molecule has 0 aliphatic heterocycles. The second kappa shape index (κ2) is 6.74. The Balaban J connectivity index is 1.95. The average Bonchev–Trinajstić information content (AvgIpc) is 2.62. The van der Waals surface area contributed by atoms with Gasteiger partial charge in [0.15, 0.2) is 11.5 Å². The molecular formula is C17H14N4O3. The molecule has 0 saturated heterocycles. The van der Waals surface area contributed by atoms with Gasteiger partial charge in [-0.2, -0.15) is 10.2 Å². The van der Waals surface area contributed by atoms with Gasteiger partial charge in [-0.1, -0.05) is 24.3 Å². The van der Waals surface area contributed by atoms with E-state index in [4.69, 9.17) is 4.74 Å². The zero-order valence-corrected chi connectivity index (χ0v) is 12.8. The molecule has 0 unspecified atom stereocenters. The number of methoxy groups -OCH3 is 1. The second-order valence-electron chi connectivity index (χ2n) is 4.89. The number of ether oxygens (including phenoxy) is 1. The molecule has 3 aromatic rings. The molecule has 0 spiro atoms.